The Bertz CT molecular complexity index is 341. The Morgan fingerprint density at radius 1 is 1.47 bits per heavy atom. The Hall–Kier alpha value is -1.14. The standard InChI is InChI=1S/C8H12ClN5O/c1-5-4-15-3-2-14(5)8-12-6(9)11-7(10)13-8/h5H,2-4H2,1H3,(H2,10,11,12,13). The van der Waals surface area contributed by atoms with Crippen LogP contribution in [0.1, 0.15) is 6.92 Å². The fourth-order valence-corrected chi connectivity index (χ4v) is 1.67. The summed E-state index contributed by atoms with van der Waals surface area (Å²) in [7, 11) is 0. The fraction of sp³-hybridized carbons (Fsp3) is 0.625. The van der Waals surface area contributed by atoms with Gasteiger partial charge in [0.05, 0.1) is 19.3 Å². The summed E-state index contributed by atoms with van der Waals surface area (Å²) in [5.41, 5.74) is 5.51. The summed E-state index contributed by atoms with van der Waals surface area (Å²) in [6.07, 6.45) is 0. The molecule has 0 spiro atoms. The van der Waals surface area contributed by atoms with Crippen LogP contribution in [0.3, 0.4) is 0 Å². The minimum atomic E-state index is 0.121. The molecule has 1 aliphatic rings. The Morgan fingerprint density at radius 3 is 2.93 bits per heavy atom. The van der Waals surface area contributed by atoms with Crippen LogP contribution in [-0.4, -0.2) is 40.8 Å². The molecule has 15 heavy (non-hydrogen) atoms. The van der Waals surface area contributed by atoms with E-state index in [1.165, 1.54) is 0 Å². The second-order valence-electron chi connectivity index (χ2n) is 3.38. The van der Waals surface area contributed by atoms with Crippen LogP contribution >= 0.6 is 11.6 Å². The molecule has 0 bridgehead atoms. The van der Waals surface area contributed by atoms with Crippen molar-refractivity contribution in [3.05, 3.63) is 5.28 Å². The molecular weight excluding hydrogens is 218 g/mol. The molecule has 82 valence electrons. The molecule has 1 atom stereocenters. The van der Waals surface area contributed by atoms with Crippen molar-refractivity contribution in [3.63, 3.8) is 0 Å². The number of nitrogens with two attached hydrogens (primary N) is 1. The number of anilines is 2. The predicted molar refractivity (Wildman–Crippen MR) is 56.9 cm³/mol. The number of hydrogen-bond acceptors (Lipinski definition) is 6. The van der Waals surface area contributed by atoms with Gasteiger partial charge in [0.2, 0.25) is 17.2 Å². The first-order valence-electron chi connectivity index (χ1n) is 4.68. The van der Waals surface area contributed by atoms with Gasteiger partial charge in [-0.2, -0.15) is 15.0 Å². The number of hydrogen-bond donors (Lipinski definition) is 1. The number of rotatable bonds is 1. The second-order valence-corrected chi connectivity index (χ2v) is 3.72. The number of aromatic nitrogens is 3. The van der Waals surface area contributed by atoms with Gasteiger partial charge in [0.15, 0.2) is 0 Å². The molecule has 2 heterocycles. The van der Waals surface area contributed by atoms with Gasteiger partial charge in [-0.15, -0.1) is 0 Å². The third-order valence-electron chi connectivity index (χ3n) is 2.24. The molecule has 1 aromatic rings. The SMILES string of the molecule is CC1COCCN1c1nc(N)nc(Cl)n1. The lowest BCUT2D eigenvalue weighted by Crippen LogP contribution is -2.44. The highest BCUT2D eigenvalue weighted by atomic mass is 35.5. The third-order valence-corrected chi connectivity index (χ3v) is 2.41. The van der Waals surface area contributed by atoms with E-state index >= 15 is 0 Å². The first-order valence-corrected chi connectivity index (χ1v) is 5.06. The smallest absolute Gasteiger partial charge is 0.231 e. The molecule has 1 unspecified atom stereocenters. The lowest BCUT2D eigenvalue weighted by Gasteiger charge is -2.33. The molecule has 1 fully saturated rings. The highest BCUT2D eigenvalue weighted by Gasteiger charge is 2.22. The molecule has 2 rings (SSSR count). The van der Waals surface area contributed by atoms with Gasteiger partial charge < -0.3 is 15.4 Å². The van der Waals surface area contributed by atoms with Crippen LogP contribution in [0.2, 0.25) is 5.28 Å². The van der Waals surface area contributed by atoms with Crippen molar-refractivity contribution in [2.45, 2.75) is 13.0 Å². The van der Waals surface area contributed by atoms with Crippen LogP contribution in [0.15, 0.2) is 0 Å². The van der Waals surface area contributed by atoms with E-state index in [2.05, 4.69) is 15.0 Å². The molecule has 0 aromatic carbocycles. The van der Waals surface area contributed by atoms with E-state index in [0.29, 0.717) is 19.2 Å². The van der Waals surface area contributed by atoms with Crippen LogP contribution in [0, 0.1) is 0 Å². The zero-order chi connectivity index (χ0) is 10.8. The Kier molecular flexibility index (Phi) is 2.88. The number of halogens is 1. The van der Waals surface area contributed by atoms with Gasteiger partial charge in [0.1, 0.15) is 0 Å². The highest BCUT2D eigenvalue weighted by Crippen LogP contribution is 2.16. The second kappa shape index (κ2) is 4.16. The van der Waals surface area contributed by atoms with Crippen molar-refractivity contribution < 1.29 is 4.74 Å². The quantitative estimate of drug-likeness (QED) is 0.748. The molecular formula is C8H12ClN5O. The summed E-state index contributed by atoms with van der Waals surface area (Å²) in [6.45, 7) is 4.09. The van der Waals surface area contributed by atoms with Crippen LogP contribution in [0.25, 0.3) is 0 Å². The fourth-order valence-electron chi connectivity index (χ4n) is 1.51. The summed E-state index contributed by atoms with van der Waals surface area (Å²) < 4.78 is 5.32. The van der Waals surface area contributed by atoms with Crippen molar-refractivity contribution >= 4 is 23.5 Å². The summed E-state index contributed by atoms with van der Waals surface area (Å²) in [5, 5.41) is 0.121. The van der Waals surface area contributed by atoms with Crippen molar-refractivity contribution in [1.82, 2.24) is 15.0 Å². The van der Waals surface area contributed by atoms with Gasteiger partial charge in [-0.05, 0) is 18.5 Å². The van der Waals surface area contributed by atoms with Crippen molar-refractivity contribution in [3.8, 4) is 0 Å². The Morgan fingerprint density at radius 2 is 2.27 bits per heavy atom. The lowest BCUT2D eigenvalue weighted by atomic mass is 10.3. The molecule has 2 N–H and O–H groups in total. The van der Waals surface area contributed by atoms with E-state index in [4.69, 9.17) is 22.1 Å². The van der Waals surface area contributed by atoms with Crippen molar-refractivity contribution in [2.75, 3.05) is 30.4 Å². The molecule has 7 heteroatoms. The molecule has 0 saturated carbocycles. The van der Waals surface area contributed by atoms with Crippen LogP contribution in [0.4, 0.5) is 11.9 Å². The molecule has 0 aliphatic carbocycles. The molecule has 1 aliphatic heterocycles. The first-order chi connectivity index (χ1) is 7.16. The highest BCUT2D eigenvalue weighted by molar-refractivity contribution is 6.28. The third kappa shape index (κ3) is 2.27. The summed E-state index contributed by atoms with van der Waals surface area (Å²) in [4.78, 5) is 13.8. The van der Waals surface area contributed by atoms with E-state index < -0.39 is 0 Å². The zero-order valence-corrected chi connectivity index (χ0v) is 9.11. The van der Waals surface area contributed by atoms with Gasteiger partial charge in [-0.1, -0.05) is 0 Å². The van der Waals surface area contributed by atoms with Crippen LogP contribution in [0.5, 0.6) is 0 Å². The average molecular weight is 230 g/mol. The monoisotopic (exact) mass is 229 g/mol. The Labute approximate surface area is 92.4 Å². The predicted octanol–water partition coefficient (Wildman–Crippen LogP) is 0.332. The van der Waals surface area contributed by atoms with Crippen molar-refractivity contribution in [2.24, 2.45) is 0 Å². The number of nitrogens with zero attached hydrogens (tertiary/aromatic N) is 4. The largest absolute Gasteiger partial charge is 0.377 e. The van der Waals surface area contributed by atoms with Crippen LogP contribution < -0.4 is 10.6 Å². The molecule has 1 saturated heterocycles. The molecule has 0 amide bonds. The van der Waals surface area contributed by atoms with Crippen molar-refractivity contribution in [1.29, 1.82) is 0 Å². The summed E-state index contributed by atoms with van der Waals surface area (Å²) in [5.74, 6) is 0.659. The molecule has 1 aromatic heterocycles. The number of nitrogen functional groups attached to an aromatic ring is 1. The summed E-state index contributed by atoms with van der Waals surface area (Å²) >= 11 is 5.72. The number of morpholine rings is 1. The van der Waals surface area contributed by atoms with E-state index in [9.17, 15) is 0 Å². The van der Waals surface area contributed by atoms with Crippen LogP contribution in [-0.2, 0) is 4.74 Å². The van der Waals surface area contributed by atoms with Gasteiger partial charge in [0, 0.05) is 6.54 Å². The van der Waals surface area contributed by atoms with Gasteiger partial charge in [0.25, 0.3) is 0 Å². The normalized spacial score (nSPS) is 21.7. The van der Waals surface area contributed by atoms with E-state index in [1.807, 2.05) is 11.8 Å². The van der Waals surface area contributed by atoms with E-state index in [0.717, 1.165) is 6.54 Å². The maximum atomic E-state index is 5.72. The van der Waals surface area contributed by atoms with Gasteiger partial charge >= 0.3 is 0 Å². The Balaban J connectivity index is 2.27. The maximum Gasteiger partial charge on any atom is 0.231 e. The van der Waals surface area contributed by atoms with E-state index in [1.54, 1.807) is 0 Å². The van der Waals surface area contributed by atoms with Gasteiger partial charge in [-0.25, -0.2) is 0 Å². The maximum absolute atomic E-state index is 5.72. The topological polar surface area (TPSA) is 77.2 Å². The lowest BCUT2D eigenvalue weighted by molar-refractivity contribution is 0.0981. The zero-order valence-electron chi connectivity index (χ0n) is 8.35. The van der Waals surface area contributed by atoms with Gasteiger partial charge in [-0.3, -0.25) is 0 Å². The average Bonchev–Trinajstić information content (AvgIpc) is 2.16. The van der Waals surface area contributed by atoms with E-state index in [-0.39, 0.29) is 17.3 Å². The first kappa shape index (κ1) is 10.4. The summed E-state index contributed by atoms with van der Waals surface area (Å²) in [6, 6.07) is 0.219. The molecule has 0 radical (unpaired) electrons. The minimum absolute atomic E-state index is 0.121. The number of ether oxygens (including phenoxy) is 1. The molecule has 6 nitrogen and oxygen atoms in total. The minimum Gasteiger partial charge on any atom is -0.377 e.